The van der Waals surface area contributed by atoms with Gasteiger partial charge < -0.3 is 20.7 Å². The highest BCUT2D eigenvalue weighted by atomic mass is 16.5. The summed E-state index contributed by atoms with van der Waals surface area (Å²) < 4.78 is 4.42. The van der Waals surface area contributed by atoms with Crippen molar-refractivity contribution in [2.24, 2.45) is 5.73 Å². The second-order valence-corrected chi connectivity index (χ2v) is 2.00. The molecule has 0 aromatic heterocycles. The van der Waals surface area contributed by atoms with Gasteiger partial charge in [-0.25, -0.2) is 4.79 Å². The van der Waals surface area contributed by atoms with Gasteiger partial charge in [-0.2, -0.15) is 0 Å². The summed E-state index contributed by atoms with van der Waals surface area (Å²) in [5, 5.41) is 17.8. The predicted octanol–water partition coefficient (Wildman–Crippen LogP) is -1.77. The van der Waals surface area contributed by atoms with Crippen LogP contribution in [0.1, 0.15) is 6.92 Å². The minimum absolute atomic E-state index is 0.167. The summed E-state index contributed by atoms with van der Waals surface area (Å²) >= 11 is 0. The van der Waals surface area contributed by atoms with Gasteiger partial charge in [0.2, 0.25) is 0 Å². The molecule has 0 rings (SSSR count). The van der Waals surface area contributed by atoms with E-state index in [0.717, 1.165) is 0 Å². The van der Waals surface area contributed by atoms with Crippen LogP contribution in [0.2, 0.25) is 0 Å². The van der Waals surface area contributed by atoms with E-state index in [-0.39, 0.29) is 13.2 Å². The fourth-order valence-electron chi connectivity index (χ4n) is 0.514. The van der Waals surface area contributed by atoms with Crippen LogP contribution < -0.4 is 5.73 Å². The van der Waals surface area contributed by atoms with E-state index < -0.39 is 18.2 Å². The van der Waals surface area contributed by atoms with Crippen molar-refractivity contribution < 1.29 is 19.7 Å². The average molecular weight is 163 g/mol. The van der Waals surface area contributed by atoms with Crippen molar-refractivity contribution in [3.63, 3.8) is 0 Å². The first-order chi connectivity index (χ1) is 5.13. The van der Waals surface area contributed by atoms with Gasteiger partial charge in [0.15, 0.2) is 6.10 Å². The standard InChI is InChI=1S/C6H13NO4/c1-2-11-6(10)5(9)4(8)3-7/h4-5,8-9H,2-3,7H2,1H3. The van der Waals surface area contributed by atoms with E-state index in [2.05, 4.69) is 4.74 Å². The molecule has 0 amide bonds. The van der Waals surface area contributed by atoms with Crippen molar-refractivity contribution in [3.05, 3.63) is 0 Å². The summed E-state index contributed by atoms with van der Waals surface area (Å²) in [7, 11) is 0. The summed E-state index contributed by atoms with van der Waals surface area (Å²) in [6.45, 7) is 1.62. The average Bonchev–Trinajstić information content (AvgIpc) is 2.02. The lowest BCUT2D eigenvalue weighted by molar-refractivity contribution is -0.158. The number of aliphatic hydroxyl groups is 2. The Bertz CT molecular complexity index is 128. The van der Waals surface area contributed by atoms with Gasteiger partial charge in [-0.1, -0.05) is 0 Å². The van der Waals surface area contributed by atoms with Crippen LogP contribution in [-0.2, 0) is 9.53 Å². The number of nitrogens with two attached hydrogens (primary N) is 1. The third kappa shape index (κ3) is 3.31. The largest absolute Gasteiger partial charge is 0.464 e. The number of hydrogen-bond acceptors (Lipinski definition) is 5. The number of carbonyl (C=O) groups is 1. The fraction of sp³-hybridized carbons (Fsp3) is 0.833. The van der Waals surface area contributed by atoms with Crippen LogP contribution in [0, 0.1) is 0 Å². The Morgan fingerprint density at radius 1 is 1.64 bits per heavy atom. The quantitative estimate of drug-likeness (QED) is 0.426. The second kappa shape index (κ2) is 5.06. The number of rotatable bonds is 4. The normalized spacial score (nSPS) is 15.6. The third-order valence-electron chi connectivity index (χ3n) is 1.13. The first-order valence-electron chi connectivity index (χ1n) is 3.36. The second-order valence-electron chi connectivity index (χ2n) is 2.00. The van der Waals surface area contributed by atoms with Gasteiger partial charge in [0.05, 0.1) is 6.61 Å². The van der Waals surface area contributed by atoms with Gasteiger partial charge in [0.1, 0.15) is 6.10 Å². The highest BCUT2D eigenvalue weighted by Gasteiger charge is 2.23. The highest BCUT2D eigenvalue weighted by Crippen LogP contribution is 1.94. The summed E-state index contributed by atoms with van der Waals surface area (Å²) in [6.07, 6.45) is -2.77. The van der Waals surface area contributed by atoms with Crippen molar-refractivity contribution in [3.8, 4) is 0 Å². The van der Waals surface area contributed by atoms with Crippen molar-refractivity contribution in [2.75, 3.05) is 13.2 Å². The Labute approximate surface area is 64.8 Å². The molecule has 0 bridgehead atoms. The number of ether oxygens (including phenoxy) is 1. The SMILES string of the molecule is CCOC(=O)C(O)C(O)CN. The first-order valence-corrected chi connectivity index (χ1v) is 3.36. The Morgan fingerprint density at radius 2 is 2.18 bits per heavy atom. The first kappa shape index (κ1) is 10.3. The van der Waals surface area contributed by atoms with Crippen molar-refractivity contribution >= 4 is 5.97 Å². The van der Waals surface area contributed by atoms with Crippen molar-refractivity contribution in [1.82, 2.24) is 0 Å². The van der Waals surface area contributed by atoms with Crippen LogP contribution >= 0.6 is 0 Å². The van der Waals surface area contributed by atoms with Gasteiger partial charge >= 0.3 is 5.97 Å². The molecule has 0 fully saturated rings. The number of aliphatic hydroxyl groups excluding tert-OH is 2. The van der Waals surface area contributed by atoms with Gasteiger partial charge in [0.25, 0.3) is 0 Å². The van der Waals surface area contributed by atoms with Crippen molar-refractivity contribution in [2.45, 2.75) is 19.1 Å². The molecule has 0 aromatic rings. The van der Waals surface area contributed by atoms with Crippen LogP contribution in [0.3, 0.4) is 0 Å². The molecule has 11 heavy (non-hydrogen) atoms. The maximum absolute atomic E-state index is 10.7. The zero-order valence-corrected chi connectivity index (χ0v) is 6.36. The van der Waals surface area contributed by atoms with Gasteiger partial charge in [-0.3, -0.25) is 0 Å². The van der Waals surface area contributed by atoms with E-state index in [4.69, 9.17) is 15.9 Å². The van der Waals surface area contributed by atoms with Crippen molar-refractivity contribution in [1.29, 1.82) is 0 Å². The number of esters is 1. The molecule has 2 unspecified atom stereocenters. The summed E-state index contributed by atoms with van der Waals surface area (Å²) in [5.74, 6) is -0.842. The minimum Gasteiger partial charge on any atom is -0.464 e. The van der Waals surface area contributed by atoms with E-state index in [1.165, 1.54) is 0 Å². The smallest absolute Gasteiger partial charge is 0.337 e. The van der Waals surface area contributed by atoms with Gasteiger partial charge in [0, 0.05) is 6.54 Å². The topological polar surface area (TPSA) is 92.8 Å². The lowest BCUT2D eigenvalue weighted by Gasteiger charge is -2.13. The molecule has 5 heteroatoms. The molecule has 4 N–H and O–H groups in total. The molecule has 66 valence electrons. The Hall–Kier alpha value is -0.650. The number of hydrogen-bond donors (Lipinski definition) is 3. The maximum atomic E-state index is 10.7. The molecule has 0 aromatic carbocycles. The molecule has 0 radical (unpaired) electrons. The molecular formula is C6H13NO4. The molecule has 0 spiro atoms. The number of carbonyl (C=O) groups excluding carboxylic acids is 1. The molecule has 0 heterocycles. The van der Waals surface area contributed by atoms with Crippen LogP contribution in [-0.4, -0.2) is 41.5 Å². The lowest BCUT2D eigenvalue weighted by Crippen LogP contribution is -2.40. The Balaban J connectivity index is 3.80. The Kier molecular flexibility index (Phi) is 4.76. The third-order valence-corrected chi connectivity index (χ3v) is 1.13. The van der Waals surface area contributed by atoms with Crippen LogP contribution in [0.25, 0.3) is 0 Å². The molecule has 2 atom stereocenters. The molecular weight excluding hydrogens is 150 g/mol. The lowest BCUT2D eigenvalue weighted by atomic mass is 10.2. The zero-order chi connectivity index (χ0) is 8.85. The maximum Gasteiger partial charge on any atom is 0.337 e. The van der Waals surface area contributed by atoms with Gasteiger partial charge in [-0.05, 0) is 6.92 Å². The molecule has 5 nitrogen and oxygen atoms in total. The van der Waals surface area contributed by atoms with Gasteiger partial charge in [-0.15, -0.1) is 0 Å². The monoisotopic (exact) mass is 163 g/mol. The molecule has 0 aliphatic rings. The van der Waals surface area contributed by atoms with Crippen LogP contribution in [0.4, 0.5) is 0 Å². The Morgan fingerprint density at radius 3 is 2.55 bits per heavy atom. The fourth-order valence-corrected chi connectivity index (χ4v) is 0.514. The molecule has 0 saturated carbocycles. The summed E-state index contributed by atoms with van der Waals surface area (Å²) in [6, 6.07) is 0. The van der Waals surface area contributed by atoms with E-state index in [9.17, 15) is 4.79 Å². The highest BCUT2D eigenvalue weighted by molar-refractivity contribution is 5.75. The van der Waals surface area contributed by atoms with Crippen LogP contribution in [0.5, 0.6) is 0 Å². The predicted molar refractivity (Wildman–Crippen MR) is 37.7 cm³/mol. The van der Waals surface area contributed by atoms with E-state index in [1.54, 1.807) is 6.92 Å². The molecule has 0 saturated heterocycles. The van der Waals surface area contributed by atoms with E-state index >= 15 is 0 Å². The summed E-state index contributed by atoms with van der Waals surface area (Å²) in [4.78, 5) is 10.7. The van der Waals surface area contributed by atoms with E-state index in [1.807, 2.05) is 0 Å². The van der Waals surface area contributed by atoms with E-state index in [0.29, 0.717) is 0 Å². The zero-order valence-electron chi connectivity index (χ0n) is 6.36. The van der Waals surface area contributed by atoms with Crippen LogP contribution in [0.15, 0.2) is 0 Å². The summed E-state index contributed by atoms with van der Waals surface area (Å²) in [5.41, 5.74) is 4.99. The molecule has 0 aliphatic heterocycles. The minimum atomic E-state index is -1.53. The molecule has 0 aliphatic carbocycles.